The molecule has 2 heterocycles. The van der Waals surface area contributed by atoms with Crippen LogP contribution in [0.1, 0.15) is 19.5 Å². The molecule has 10 nitrogen and oxygen atoms in total. The number of halogens is 2. The minimum atomic E-state index is -0.835. The second kappa shape index (κ2) is 10.6. The standard InChI is InChI=1S/C23H21Br2N7O3/c1-3-30(4-2)7-8-31-13-27-18-11-15(5-6-20(18)31)35-21-16(24)9-14(10-17(21)25)32-23(34)28-22(33)19(12-26)29-32/h5-6,9-11,13H,3-4,7-8H2,1-2H3,(H,28,33,34). The molecule has 0 aliphatic rings. The van der Waals surface area contributed by atoms with E-state index in [0.29, 0.717) is 26.1 Å². The molecule has 0 fully saturated rings. The molecule has 2 aromatic heterocycles. The Morgan fingerprint density at radius 1 is 1.14 bits per heavy atom. The van der Waals surface area contributed by atoms with Crippen molar-refractivity contribution in [3.63, 3.8) is 0 Å². The van der Waals surface area contributed by atoms with Gasteiger partial charge in [0.05, 0.1) is 32.0 Å². The van der Waals surface area contributed by atoms with E-state index in [0.717, 1.165) is 41.9 Å². The zero-order valence-electron chi connectivity index (χ0n) is 19.0. The summed E-state index contributed by atoms with van der Waals surface area (Å²) in [5.41, 5.74) is 0.160. The van der Waals surface area contributed by atoms with Crippen LogP contribution in [0.4, 0.5) is 0 Å². The average molecular weight is 603 g/mol. The van der Waals surface area contributed by atoms with Crippen molar-refractivity contribution in [3.8, 4) is 23.3 Å². The summed E-state index contributed by atoms with van der Waals surface area (Å²) in [4.78, 5) is 32.8. The van der Waals surface area contributed by atoms with Crippen molar-refractivity contribution in [2.24, 2.45) is 0 Å². The summed E-state index contributed by atoms with van der Waals surface area (Å²) in [6, 6.07) is 10.6. The van der Waals surface area contributed by atoms with Gasteiger partial charge in [0.25, 0.3) is 5.56 Å². The smallest absolute Gasteiger partial charge is 0.349 e. The summed E-state index contributed by atoms with van der Waals surface area (Å²) >= 11 is 6.94. The van der Waals surface area contributed by atoms with E-state index >= 15 is 0 Å². The number of H-pyrrole nitrogens is 1. The van der Waals surface area contributed by atoms with E-state index in [1.165, 1.54) is 0 Å². The molecule has 2 aromatic carbocycles. The Morgan fingerprint density at radius 3 is 2.51 bits per heavy atom. The number of nitriles is 1. The largest absolute Gasteiger partial charge is 0.455 e. The molecule has 0 atom stereocenters. The number of rotatable bonds is 8. The summed E-state index contributed by atoms with van der Waals surface area (Å²) < 4.78 is 10.2. The second-order valence-corrected chi connectivity index (χ2v) is 9.30. The molecular weight excluding hydrogens is 582 g/mol. The number of likely N-dealkylation sites (N-methyl/N-ethyl adjacent to an activating group) is 1. The van der Waals surface area contributed by atoms with Gasteiger partial charge in [0.1, 0.15) is 11.8 Å². The maximum absolute atomic E-state index is 12.2. The molecule has 0 aliphatic heterocycles. The van der Waals surface area contributed by atoms with E-state index in [1.807, 2.05) is 24.5 Å². The molecule has 1 N–H and O–H groups in total. The fourth-order valence-electron chi connectivity index (χ4n) is 3.61. The number of aromatic nitrogens is 5. The lowest BCUT2D eigenvalue weighted by atomic mass is 10.2. The van der Waals surface area contributed by atoms with Gasteiger partial charge in [-0.25, -0.2) is 9.78 Å². The van der Waals surface area contributed by atoms with Crippen molar-refractivity contribution in [1.82, 2.24) is 29.2 Å². The monoisotopic (exact) mass is 601 g/mol. The van der Waals surface area contributed by atoms with Crippen LogP contribution in [0.5, 0.6) is 11.5 Å². The van der Waals surface area contributed by atoms with Crippen molar-refractivity contribution in [3.05, 3.63) is 72.1 Å². The molecular formula is C23H21Br2N7O3. The Bertz CT molecular complexity index is 1520. The zero-order chi connectivity index (χ0) is 25.1. The van der Waals surface area contributed by atoms with Gasteiger partial charge in [-0.3, -0.25) is 9.78 Å². The average Bonchev–Trinajstić information content (AvgIpc) is 3.24. The highest BCUT2D eigenvalue weighted by Gasteiger charge is 2.15. The molecule has 4 rings (SSSR count). The highest BCUT2D eigenvalue weighted by atomic mass is 79.9. The molecule has 0 bridgehead atoms. The maximum atomic E-state index is 12.2. The summed E-state index contributed by atoms with van der Waals surface area (Å²) in [6.45, 7) is 8.13. The number of aromatic amines is 1. The Hall–Kier alpha value is -3.27. The van der Waals surface area contributed by atoms with Crippen molar-refractivity contribution >= 4 is 42.9 Å². The third-order valence-electron chi connectivity index (χ3n) is 5.53. The number of hydrogen-bond donors (Lipinski definition) is 1. The van der Waals surface area contributed by atoms with E-state index in [1.54, 1.807) is 18.2 Å². The Balaban J connectivity index is 1.60. The summed E-state index contributed by atoms with van der Waals surface area (Å²) in [7, 11) is 0. The Morgan fingerprint density at radius 2 is 1.86 bits per heavy atom. The van der Waals surface area contributed by atoms with Gasteiger partial charge in [0.15, 0.2) is 5.75 Å². The summed E-state index contributed by atoms with van der Waals surface area (Å²) in [6.07, 6.45) is 1.84. The van der Waals surface area contributed by atoms with Crippen LogP contribution in [0.3, 0.4) is 0 Å². The number of hydrogen-bond acceptors (Lipinski definition) is 7. The predicted molar refractivity (Wildman–Crippen MR) is 138 cm³/mol. The van der Waals surface area contributed by atoms with Gasteiger partial charge < -0.3 is 14.2 Å². The molecule has 4 aromatic rings. The first-order chi connectivity index (χ1) is 16.8. The first-order valence-electron chi connectivity index (χ1n) is 10.8. The van der Waals surface area contributed by atoms with Crippen molar-refractivity contribution < 1.29 is 4.74 Å². The molecule has 12 heteroatoms. The van der Waals surface area contributed by atoms with Crippen LogP contribution >= 0.6 is 31.9 Å². The van der Waals surface area contributed by atoms with Gasteiger partial charge >= 0.3 is 5.69 Å². The van der Waals surface area contributed by atoms with Gasteiger partial charge in [0, 0.05) is 19.2 Å². The summed E-state index contributed by atoms with van der Waals surface area (Å²) in [5.74, 6) is 1.07. The van der Waals surface area contributed by atoms with Crippen LogP contribution in [0.25, 0.3) is 16.7 Å². The number of imidazole rings is 1. The van der Waals surface area contributed by atoms with Gasteiger partial charge in [0.2, 0.25) is 5.69 Å². The number of nitrogens with one attached hydrogen (secondary N) is 1. The van der Waals surface area contributed by atoms with E-state index in [4.69, 9.17) is 10.00 Å². The van der Waals surface area contributed by atoms with Crippen LogP contribution in [0, 0.1) is 11.3 Å². The molecule has 0 spiro atoms. The van der Waals surface area contributed by atoms with Crippen molar-refractivity contribution in [1.29, 1.82) is 5.26 Å². The minimum absolute atomic E-state index is 0.330. The van der Waals surface area contributed by atoms with Crippen LogP contribution in [0.2, 0.25) is 0 Å². The van der Waals surface area contributed by atoms with Gasteiger partial charge in [-0.15, -0.1) is 5.10 Å². The van der Waals surface area contributed by atoms with E-state index in [9.17, 15) is 9.59 Å². The fraction of sp³-hybridized carbons (Fsp3) is 0.261. The van der Waals surface area contributed by atoms with Crippen LogP contribution in [0.15, 0.2) is 55.2 Å². The quantitative estimate of drug-likeness (QED) is 0.325. The molecule has 0 saturated carbocycles. The normalized spacial score (nSPS) is 11.2. The molecule has 0 radical (unpaired) electrons. The second-order valence-electron chi connectivity index (χ2n) is 7.59. The molecule has 0 aliphatic carbocycles. The maximum Gasteiger partial charge on any atom is 0.349 e. The van der Waals surface area contributed by atoms with E-state index in [2.05, 4.69) is 70.2 Å². The van der Waals surface area contributed by atoms with Crippen LogP contribution < -0.4 is 16.0 Å². The van der Waals surface area contributed by atoms with Crippen LogP contribution in [-0.2, 0) is 6.54 Å². The SMILES string of the molecule is CCN(CC)CCn1cnc2cc(Oc3c(Br)cc(-n4nc(C#N)c(=O)[nH]c4=O)cc3Br)ccc21. The van der Waals surface area contributed by atoms with Crippen LogP contribution in [-0.4, -0.2) is 48.8 Å². The Kier molecular flexibility index (Phi) is 7.49. The molecule has 0 unspecified atom stereocenters. The highest BCUT2D eigenvalue weighted by Crippen LogP contribution is 2.39. The van der Waals surface area contributed by atoms with E-state index in [-0.39, 0.29) is 0 Å². The number of nitrogens with zero attached hydrogens (tertiary/aromatic N) is 6. The number of benzene rings is 2. The van der Waals surface area contributed by atoms with Gasteiger partial charge in [-0.1, -0.05) is 13.8 Å². The molecule has 180 valence electrons. The molecule has 0 saturated heterocycles. The van der Waals surface area contributed by atoms with Gasteiger partial charge in [-0.05, 0) is 69.2 Å². The lowest BCUT2D eigenvalue weighted by molar-refractivity contribution is 0.292. The van der Waals surface area contributed by atoms with Gasteiger partial charge in [-0.2, -0.15) is 9.94 Å². The minimum Gasteiger partial charge on any atom is -0.455 e. The number of ether oxygens (including phenoxy) is 1. The Labute approximate surface area is 217 Å². The molecule has 0 amide bonds. The zero-order valence-corrected chi connectivity index (χ0v) is 22.1. The first kappa shape index (κ1) is 24.8. The molecule has 35 heavy (non-hydrogen) atoms. The lowest BCUT2D eigenvalue weighted by Gasteiger charge is -2.18. The lowest BCUT2D eigenvalue weighted by Crippen LogP contribution is -2.33. The number of fused-ring (bicyclic) bond motifs is 1. The highest BCUT2D eigenvalue weighted by molar-refractivity contribution is 9.11. The third-order valence-corrected chi connectivity index (χ3v) is 6.70. The first-order valence-corrected chi connectivity index (χ1v) is 12.4. The predicted octanol–water partition coefficient (Wildman–Crippen LogP) is 3.80. The fourth-order valence-corrected chi connectivity index (χ4v) is 4.93. The summed E-state index contributed by atoms with van der Waals surface area (Å²) in [5, 5.41) is 12.9. The van der Waals surface area contributed by atoms with Crippen molar-refractivity contribution in [2.75, 3.05) is 19.6 Å². The van der Waals surface area contributed by atoms with E-state index < -0.39 is 16.9 Å². The van der Waals surface area contributed by atoms with Crippen molar-refractivity contribution in [2.45, 2.75) is 20.4 Å². The topological polar surface area (TPSA) is 122 Å². The third kappa shape index (κ3) is 5.22.